The minimum absolute atomic E-state index is 0.0856. The van der Waals surface area contributed by atoms with Gasteiger partial charge in [-0.15, -0.1) is 0 Å². The molecule has 0 aliphatic carbocycles. The molecule has 1 atom stereocenters. The molecule has 4 rings (SSSR count). The van der Waals surface area contributed by atoms with E-state index in [0.717, 1.165) is 4.90 Å². The van der Waals surface area contributed by atoms with Crippen LogP contribution in [0.2, 0.25) is 5.02 Å². The summed E-state index contributed by atoms with van der Waals surface area (Å²) in [7, 11) is 0. The van der Waals surface area contributed by atoms with Gasteiger partial charge in [-0.1, -0.05) is 11.6 Å². The molecule has 0 radical (unpaired) electrons. The van der Waals surface area contributed by atoms with Crippen LogP contribution in [-0.4, -0.2) is 39.4 Å². The number of rotatable bonds is 2. The first-order chi connectivity index (χ1) is 13.8. The Morgan fingerprint density at radius 2 is 2.10 bits per heavy atom. The smallest absolute Gasteiger partial charge is 0.411 e. The maximum Gasteiger partial charge on any atom is 0.411 e. The first-order valence-electron chi connectivity index (χ1n) is 8.95. The average molecular weight is 417 g/mol. The van der Waals surface area contributed by atoms with Gasteiger partial charge in [-0.3, -0.25) is 9.88 Å². The van der Waals surface area contributed by atoms with Gasteiger partial charge in [-0.25, -0.2) is 14.2 Å². The first-order valence-corrected chi connectivity index (χ1v) is 9.33. The fraction of sp³-hybridized carbons (Fsp3) is 0.250. The molecule has 7 nitrogen and oxygen atoms in total. The second-order valence-electron chi connectivity index (χ2n) is 7.12. The summed E-state index contributed by atoms with van der Waals surface area (Å²) in [6, 6.07) is 3.20. The van der Waals surface area contributed by atoms with Gasteiger partial charge in [0.25, 0.3) is 0 Å². The zero-order valence-corrected chi connectivity index (χ0v) is 16.2. The van der Waals surface area contributed by atoms with E-state index in [2.05, 4.69) is 9.97 Å². The minimum Gasteiger partial charge on any atom is -0.465 e. The zero-order valence-electron chi connectivity index (χ0n) is 15.5. The molecule has 0 fully saturated rings. The van der Waals surface area contributed by atoms with Crippen molar-refractivity contribution < 1.29 is 19.4 Å². The van der Waals surface area contributed by atoms with Crippen LogP contribution in [0.5, 0.6) is 0 Å². The van der Waals surface area contributed by atoms with Crippen LogP contribution in [0, 0.1) is 18.7 Å². The van der Waals surface area contributed by atoms with Gasteiger partial charge in [0.2, 0.25) is 0 Å². The molecule has 0 bridgehead atoms. The van der Waals surface area contributed by atoms with Crippen molar-refractivity contribution in [2.75, 3.05) is 23.8 Å². The normalized spacial score (nSPS) is 16.1. The molecule has 1 aliphatic heterocycles. The highest BCUT2D eigenvalue weighted by molar-refractivity contribution is 6.36. The van der Waals surface area contributed by atoms with Crippen LogP contribution >= 0.6 is 11.6 Å². The average Bonchev–Trinajstić information content (AvgIpc) is 2.70. The molecule has 9 heteroatoms. The molecule has 2 aromatic heterocycles. The number of halogens is 2. The fourth-order valence-electron chi connectivity index (χ4n) is 3.85. The third kappa shape index (κ3) is 3.14. The van der Waals surface area contributed by atoms with Crippen LogP contribution in [0.4, 0.5) is 20.7 Å². The van der Waals surface area contributed by atoms with Gasteiger partial charge >= 0.3 is 6.09 Å². The summed E-state index contributed by atoms with van der Waals surface area (Å²) >= 11 is 6.24. The molecule has 4 N–H and O–H groups in total. The second-order valence-corrected chi connectivity index (χ2v) is 7.50. The number of fused-ring (bicyclic) bond motifs is 2. The van der Waals surface area contributed by atoms with Crippen LogP contribution in [0.3, 0.4) is 0 Å². The van der Waals surface area contributed by atoms with Gasteiger partial charge in [0.05, 0.1) is 16.4 Å². The van der Waals surface area contributed by atoms with Crippen molar-refractivity contribution in [2.24, 2.45) is 5.92 Å². The Hall–Kier alpha value is -2.97. The van der Waals surface area contributed by atoms with Crippen LogP contribution in [0.15, 0.2) is 24.5 Å². The number of aliphatic hydroxyl groups excluding tert-OH is 1. The first kappa shape index (κ1) is 19.4. The number of pyridine rings is 2. The second kappa shape index (κ2) is 7.13. The third-order valence-corrected chi connectivity index (χ3v) is 5.65. The monoisotopic (exact) mass is 416 g/mol. The zero-order chi connectivity index (χ0) is 20.9. The van der Waals surface area contributed by atoms with Crippen LogP contribution < -0.4 is 10.6 Å². The Balaban J connectivity index is 1.95. The number of aliphatic hydroxyl groups is 1. The lowest BCUT2D eigenvalue weighted by atomic mass is 9.91. The number of carbonyl (C=O) groups is 1. The van der Waals surface area contributed by atoms with Gasteiger partial charge in [0.1, 0.15) is 11.6 Å². The largest absolute Gasteiger partial charge is 0.465 e. The number of amides is 1. The SMILES string of the molecule is Cc1c(-c2cc3cc(N)ncc3c(Cl)c2F)cnc2c1N(C(=O)O)CC(CO)C2. The van der Waals surface area contributed by atoms with E-state index >= 15 is 4.39 Å². The fourth-order valence-corrected chi connectivity index (χ4v) is 4.11. The van der Waals surface area contributed by atoms with Gasteiger partial charge in [-0.05, 0) is 36.4 Å². The third-order valence-electron chi connectivity index (χ3n) is 5.28. The number of nitrogens with two attached hydrogens (primary N) is 1. The molecule has 3 heterocycles. The number of anilines is 2. The highest BCUT2D eigenvalue weighted by Gasteiger charge is 2.32. The summed E-state index contributed by atoms with van der Waals surface area (Å²) in [6.45, 7) is 1.73. The van der Waals surface area contributed by atoms with E-state index in [9.17, 15) is 15.0 Å². The molecule has 0 spiro atoms. The number of nitrogens with zero attached hydrogens (tertiary/aromatic N) is 3. The Labute approximate surface area is 170 Å². The maximum atomic E-state index is 15.1. The Morgan fingerprint density at radius 1 is 1.34 bits per heavy atom. The predicted octanol–water partition coefficient (Wildman–Crippen LogP) is 3.63. The van der Waals surface area contributed by atoms with Crippen molar-refractivity contribution in [3.05, 3.63) is 46.6 Å². The summed E-state index contributed by atoms with van der Waals surface area (Å²) in [6.07, 6.45) is 2.22. The van der Waals surface area contributed by atoms with Crippen LogP contribution in [-0.2, 0) is 6.42 Å². The molecular formula is C20H18ClFN4O3. The standard InChI is InChI=1S/C20H18ClFN4O3/c1-9-13(5-24-15-2-10(8-27)7-26(19(9)15)20(28)29)12-3-11-4-16(23)25-6-14(11)17(21)18(12)22/h3-6,10,27H,2,7-8H2,1H3,(H2,23,25)(H,28,29). The molecule has 0 saturated heterocycles. The van der Waals surface area contributed by atoms with Gasteiger partial charge in [-0.2, -0.15) is 0 Å². The Morgan fingerprint density at radius 3 is 2.79 bits per heavy atom. The molecule has 0 saturated carbocycles. The molecule has 1 amide bonds. The van der Waals surface area contributed by atoms with E-state index in [4.69, 9.17) is 17.3 Å². The molecule has 1 aliphatic rings. The van der Waals surface area contributed by atoms with Crippen molar-refractivity contribution in [1.82, 2.24) is 9.97 Å². The van der Waals surface area contributed by atoms with E-state index in [0.29, 0.717) is 39.7 Å². The lowest BCUT2D eigenvalue weighted by Crippen LogP contribution is -2.41. The molecule has 29 heavy (non-hydrogen) atoms. The van der Waals surface area contributed by atoms with Crippen molar-refractivity contribution in [3.63, 3.8) is 0 Å². The molecular weight excluding hydrogens is 399 g/mol. The van der Waals surface area contributed by atoms with Crippen LogP contribution in [0.1, 0.15) is 11.3 Å². The van der Waals surface area contributed by atoms with E-state index in [1.807, 2.05) is 0 Å². The number of benzene rings is 1. The summed E-state index contributed by atoms with van der Waals surface area (Å²) in [5, 5.41) is 20.1. The number of carboxylic acid groups (broad SMARTS) is 1. The molecule has 3 aromatic rings. The predicted molar refractivity (Wildman–Crippen MR) is 109 cm³/mol. The lowest BCUT2D eigenvalue weighted by Gasteiger charge is -2.33. The van der Waals surface area contributed by atoms with Crippen molar-refractivity contribution in [3.8, 4) is 11.1 Å². The minimum atomic E-state index is -1.15. The summed E-state index contributed by atoms with van der Waals surface area (Å²) in [5.41, 5.74) is 7.94. The van der Waals surface area contributed by atoms with E-state index in [1.165, 1.54) is 12.4 Å². The van der Waals surface area contributed by atoms with Crippen molar-refractivity contribution >= 4 is 40.0 Å². The number of aromatic nitrogens is 2. The van der Waals surface area contributed by atoms with E-state index in [1.54, 1.807) is 19.1 Å². The Bertz CT molecular complexity index is 1150. The summed E-state index contributed by atoms with van der Waals surface area (Å²) in [4.78, 5) is 21.3. The number of nitrogen functional groups attached to an aromatic ring is 1. The van der Waals surface area contributed by atoms with Crippen molar-refractivity contribution in [2.45, 2.75) is 13.3 Å². The number of hydrogen-bond acceptors (Lipinski definition) is 5. The van der Waals surface area contributed by atoms with Crippen molar-refractivity contribution in [1.29, 1.82) is 0 Å². The highest BCUT2D eigenvalue weighted by atomic mass is 35.5. The molecule has 1 aromatic carbocycles. The van der Waals surface area contributed by atoms with Crippen LogP contribution in [0.25, 0.3) is 21.9 Å². The lowest BCUT2D eigenvalue weighted by molar-refractivity contribution is 0.191. The van der Waals surface area contributed by atoms with E-state index < -0.39 is 11.9 Å². The number of hydrogen-bond donors (Lipinski definition) is 3. The van der Waals surface area contributed by atoms with E-state index in [-0.39, 0.29) is 35.5 Å². The van der Waals surface area contributed by atoms with Gasteiger partial charge in [0.15, 0.2) is 0 Å². The molecule has 1 unspecified atom stereocenters. The van der Waals surface area contributed by atoms with Gasteiger partial charge < -0.3 is 15.9 Å². The highest BCUT2D eigenvalue weighted by Crippen LogP contribution is 2.40. The molecule has 150 valence electrons. The van der Waals surface area contributed by atoms with Gasteiger partial charge in [0, 0.05) is 48.0 Å². The topological polar surface area (TPSA) is 113 Å². The Kier molecular flexibility index (Phi) is 4.76. The quantitative estimate of drug-likeness (QED) is 0.588. The summed E-state index contributed by atoms with van der Waals surface area (Å²) < 4.78 is 15.1. The summed E-state index contributed by atoms with van der Waals surface area (Å²) in [5.74, 6) is -0.598. The maximum absolute atomic E-state index is 15.1.